The van der Waals surface area contributed by atoms with Crippen molar-refractivity contribution in [3.05, 3.63) is 216 Å². The maximum atomic E-state index is 2.54. The van der Waals surface area contributed by atoms with E-state index in [1.54, 1.807) is 0 Å². The molecule has 270 valence electrons. The van der Waals surface area contributed by atoms with Gasteiger partial charge in [0.25, 0.3) is 0 Å². The van der Waals surface area contributed by atoms with Crippen LogP contribution < -0.4 is 0 Å². The average Bonchev–Trinajstić information content (AvgIpc) is 4.04. The van der Waals surface area contributed by atoms with Crippen molar-refractivity contribution in [2.24, 2.45) is 0 Å². The monoisotopic (exact) mass is 736 g/mol. The van der Waals surface area contributed by atoms with E-state index in [4.69, 9.17) is 0 Å². The fourth-order valence-corrected chi connectivity index (χ4v) is 10.6. The molecule has 13 rings (SSSR count). The van der Waals surface area contributed by atoms with E-state index >= 15 is 0 Å². The van der Waals surface area contributed by atoms with Crippen LogP contribution in [0.4, 0.5) is 0 Å². The quantitative estimate of drug-likeness (QED) is 0.170. The second-order valence-corrected chi connectivity index (χ2v) is 16.0. The lowest BCUT2D eigenvalue weighted by Crippen LogP contribution is -1.99. The minimum absolute atomic E-state index is 0.896. The van der Waals surface area contributed by atoms with Crippen molar-refractivity contribution >= 4 is 43.6 Å². The molecule has 2 aliphatic rings. The molecule has 0 saturated heterocycles. The number of nitrogens with zero attached hydrogens (tertiary/aromatic N) is 2. The normalized spacial score (nSPS) is 12.7. The third-order valence-electron chi connectivity index (χ3n) is 13.0. The third kappa shape index (κ3) is 4.37. The van der Waals surface area contributed by atoms with Crippen LogP contribution in [0.25, 0.3) is 99.5 Å². The summed E-state index contributed by atoms with van der Waals surface area (Å²) in [5, 5.41) is 5.15. The fraction of sp³-hybridized carbons (Fsp3) is 0.0357. The molecule has 0 atom stereocenters. The van der Waals surface area contributed by atoms with Gasteiger partial charge in [-0.15, -0.1) is 0 Å². The first-order valence-corrected chi connectivity index (χ1v) is 20.4. The highest BCUT2D eigenvalue weighted by Gasteiger charge is 2.28. The van der Waals surface area contributed by atoms with Crippen molar-refractivity contribution in [2.45, 2.75) is 12.8 Å². The number of hydrogen-bond acceptors (Lipinski definition) is 0. The molecule has 2 heteroatoms. The summed E-state index contributed by atoms with van der Waals surface area (Å²) in [5.74, 6) is 0. The van der Waals surface area contributed by atoms with E-state index in [1.165, 1.54) is 122 Å². The summed E-state index contributed by atoms with van der Waals surface area (Å²) in [6, 6.07) is 72.1. The van der Waals surface area contributed by atoms with E-state index in [1.807, 2.05) is 0 Å². The molecule has 0 bridgehead atoms. The summed E-state index contributed by atoms with van der Waals surface area (Å²) < 4.78 is 5.06. The van der Waals surface area contributed by atoms with E-state index in [9.17, 15) is 0 Å². The molecule has 58 heavy (non-hydrogen) atoms. The fourth-order valence-electron chi connectivity index (χ4n) is 10.6. The molecule has 0 amide bonds. The second kappa shape index (κ2) is 12.0. The number of benzene rings is 9. The van der Waals surface area contributed by atoms with Crippen molar-refractivity contribution in [1.82, 2.24) is 9.13 Å². The van der Waals surface area contributed by atoms with Gasteiger partial charge >= 0.3 is 0 Å². The average molecular weight is 737 g/mol. The van der Waals surface area contributed by atoms with E-state index in [2.05, 4.69) is 203 Å². The predicted molar refractivity (Wildman–Crippen MR) is 242 cm³/mol. The molecule has 0 fully saturated rings. The lowest BCUT2D eigenvalue weighted by Gasteiger charge is -2.16. The van der Waals surface area contributed by atoms with E-state index in [0.29, 0.717) is 0 Å². The molecule has 2 aromatic heterocycles. The molecule has 0 spiro atoms. The molecule has 0 N–H and O–H groups in total. The van der Waals surface area contributed by atoms with Gasteiger partial charge in [-0.1, -0.05) is 152 Å². The number of hydrogen-bond donors (Lipinski definition) is 0. The Hall–Kier alpha value is -7.42. The molecule has 0 radical (unpaired) electrons. The van der Waals surface area contributed by atoms with E-state index in [-0.39, 0.29) is 0 Å². The molecule has 2 aliphatic carbocycles. The van der Waals surface area contributed by atoms with E-state index < -0.39 is 0 Å². The molecule has 2 nitrogen and oxygen atoms in total. The number of para-hydroxylation sites is 2. The zero-order valence-electron chi connectivity index (χ0n) is 31.8. The lowest BCUT2D eigenvalue weighted by molar-refractivity contribution is 1.12. The number of rotatable bonds is 4. The highest BCUT2D eigenvalue weighted by molar-refractivity contribution is 6.29. The van der Waals surface area contributed by atoms with Crippen molar-refractivity contribution in [3.8, 4) is 55.9 Å². The maximum absolute atomic E-state index is 2.54. The summed E-state index contributed by atoms with van der Waals surface area (Å²) in [6.45, 7) is 0. The van der Waals surface area contributed by atoms with Crippen LogP contribution in [0.3, 0.4) is 0 Å². The van der Waals surface area contributed by atoms with Crippen molar-refractivity contribution < 1.29 is 0 Å². The maximum Gasteiger partial charge on any atom is 0.0549 e. The Labute approximate surface area is 336 Å². The van der Waals surface area contributed by atoms with Crippen molar-refractivity contribution in [1.29, 1.82) is 0 Å². The van der Waals surface area contributed by atoms with Gasteiger partial charge in [0, 0.05) is 33.7 Å². The highest BCUT2D eigenvalue weighted by atomic mass is 15.0. The van der Waals surface area contributed by atoms with Crippen LogP contribution in [-0.4, -0.2) is 9.13 Å². The van der Waals surface area contributed by atoms with Crippen molar-refractivity contribution in [2.75, 3.05) is 0 Å². The smallest absolute Gasteiger partial charge is 0.0549 e. The SMILES string of the molecule is c1ccc(-c2cc(-n3c4ccccc4c4c5c6ccccc6n(-c6cccc7c6Cc6c(-c8ccccc8)cccc6-7)c5ccc43)cc3c2Cc2ccccc2-3)cc1. The summed E-state index contributed by atoms with van der Waals surface area (Å²) in [5.41, 5.74) is 23.5. The van der Waals surface area contributed by atoms with Crippen LogP contribution in [0.2, 0.25) is 0 Å². The largest absolute Gasteiger partial charge is 0.309 e. The lowest BCUT2D eigenvalue weighted by atomic mass is 9.94. The number of aromatic nitrogens is 2. The number of fused-ring (bicyclic) bond motifs is 13. The summed E-state index contributed by atoms with van der Waals surface area (Å²) in [4.78, 5) is 0. The molecular weight excluding hydrogens is 701 g/mol. The van der Waals surface area contributed by atoms with Gasteiger partial charge in [0.1, 0.15) is 0 Å². The first-order valence-electron chi connectivity index (χ1n) is 20.4. The third-order valence-corrected chi connectivity index (χ3v) is 13.0. The zero-order valence-corrected chi connectivity index (χ0v) is 31.8. The minimum Gasteiger partial charge on any atom is -0.309 e. The predicted octanol–water partition coefficient (Wildman–Crippen LogP) is 14.4. The van der Waals surface area contributed by atoms with Gasteiger partial charge in [0.2, 0.25) is 0 Å². The Balaban J connectivity index is 1.08. The standard InChI is InChI=1S/C56H36N2/c1-3-15-35(16-4-1)39-23-13-24-41-42-25-14-28-52(49(42)34-48(39)41)58-51-27-12-10-22-44(51)56-54(58)30-29-53-55(56)43-21-9-11-26-50(43)57(53)38-32-45(36-17-5-2-6-18-36)46-31-37-19-7-8-20-40(37)47(46)33-38/h1-30,32-33H,31,34H2. The summed E-state index contributed by atoms with van der Waals surface area (Å²) in [7, 11) is 0. The first-order chi connectivity index (χ1) is 28.8. The topological polar surface area (TPSA) is 9.86 Å². The highest BCUT2D eigenvalue weighted by Crippen LogP contribution is 2.49. The summed E-state index contributed by atoms with van der Waals surface area (Å²) in [6.07, 6.45) is 1.85. The molecule has 0 unspecified atom stereocenters. The molecule has 11 aromatic rings. The zero-order chi connectivity index (χ0) is 37.9. The van der Waals surface area contributed by atoms with Crippen LogP contribution in [0, 0.1) is 0 Å². The first kappa shape index (κ1) is 31.7. The van der Waals surface area contributed by atoms with Crippen LogP contribution in [0.5, 0.6) is 0 Å². The van der Waals surface area contributed by atoms with Gasteiger partial charge in [-0.05, 0) is 116 Å². The molecular formula is C56H36N2. The molecule has 0 saturated carbocycles. The Bertz CT molecular complexity index is 3490. The second-order valence-electron chi connectivity index (χ2n) is 16.0. The van der Waals surface area contributed by atoms with Crippen LogP contribution >= 0.6 is 0 Å². The molecule has 2 heterocycles. The van der Waals surface area contributed by atoms with Crippen LogP contribution in [0.15, 0.2) is 194 Å². The van der Waals surface area contributed by atoms with Gasteiger partial charge < -0.3 is 9.13 Å². The summed E-state index contributed by atoms with van der Waals surface area (Å²) >= 11 is 0. The molecule has 0 aliphatic heterocycles. The van der Waals surface area contributed by atoms with Gasteiger partial charge in [0.05, 0.1) is 27.8 Å². The molecule has 9 aromatic carbocycles. The van der Waals surface area contributed by atoms with Gasteiger partial charge in [-0.25, -0.2) is 0 Å². The van der Waals surface area contributed by atoms with Gasteiger partial charge in [-0.2, -0.15) is 0 Å². The Morgan fingerprint density at radius 2 is 0.828 bits per heavy atom. The van der Waals surface area contributed by atoms with Crippen LogP contribution in [-0.2, 0) is 12.8 Å². The van der Waals surface area contributed by atoms with Gasteiger partial charge in [-0.3, -0.25) is 0 Å². The van der Waals surface area contributed by atoms with E-state index in [0.717, 1.165) is 12.8 Å². The Morgan fingerprint density at radius 3 is 1.57 bits per heavy atom. The Morgan fingerprint density at radius 1 is 0.310 bits per heavy atom. The Kier molecular flexibility index (Phi) is 6.59. The minimum atomic E-state index is 0.896. The van der Waals surface area contributed by atoms with Crippen molar-refractivity contribution in [3.63, 3.8) is 0 Å². The van der Waals surface area contributed by atoms with Gasteiger partial charge in [0.15, 0.2) is 0 Å². The van der Waals surface area contributed by atoms with Crippen LogP contribution in [0.1, 0.15) is 22.3 Å².